The summed E-state index contributed by atoms with van der Waals surface area (Å²) in [5, 5.41) is 11.2. The number of hydrogen-bond donors (Lipinski definition) is 2. The lowest BCUT2D eigenvalue weighted by Gasteiger charge is -2.14. The molecule has 0 spiro atoms. The van der Waals surface area contributed by atoms with Gasteiger partial charge in [0.05, 0.1) is 28.5 Å². The largest absolute Gasteiger partial charge is 0.453 e. The maximum absolute atomic E-state index is 14.9. The molecule has 6 nitrogen and oxygen atoms in total. The van der Waals surface area contributed by atoms with Crippen LogP contribution < -0.4 is 10.1 Å². The second kappa shape index (κ2) is 8.95. The highest BCUT2D eigenvalue weighted by atomic mass is 79.9. The van der Waals surface area contributed by atoms with E-state index in [9.17, 15) is 22.4 Å². The molecule has 12 heteroatoms. The molecule has 2 N–H and O–H groups in total. The molecule has 3 rings (SSSR count). The Morgan fingerprint density at radius 1 is 1.32 bits per heavy atom. The summed E-state index contributed by atoms with van der Waals surface area (Å²) in [6.45, 7) is -0.268. The van der Waals surface area contributed by atoms with Crippen LogP contribution in [-0.4, -0.2) is 15.9 Å². The standard InChI is InChI=1S/C19H10BrClF4N4O2/c20-17-15(28-8-29-17)18(30)27-7-10-1-2-13(21)16(14(10)22)31-12-4-9(6-26)3-11(5-12)19(23,24)25/h1-5,8H,7H2,(H,27,30)(H,28,29). The molecule has 0 atom stereocenters. The maximum Gasteiger partial charge on any atom is 0.416 e. The smallest absolute Gasteiger partial charge is 0.416 e. The number of aromatic amines is 1. The Kier molecular flexibility index (Phi) is 6.52. The number of nitriles is 1. The van der Waals surface area contributed by atoms with Crippen LogP contribution in [0.25, 0.3) is 0 Å². The zero-order valence-electron chi connectivity index (χ0n) is 15.1. The normalized spacial score (nSPS) is 11.1. The van der Waals surface area contributed by atoms with E-state index in [1.807, 2.05) is 0 Å². The molecule has 0 aliphatic carbocycles. The minimum atomic E-state index is -4.74. The lowest BCUT2D eigenvalue weighted by atomic mass is 10.1. The lowest BCUT2D eigenvalue weighted by Crippen LogP contribution is -2.24. The number of halogens is 6. The zero-order valence-corrected chi connectivity index (χ0v) is 17.5. The predicted molar refractivity (Wildman–Crippen MR) is 105 cm³/mol. The minimum absolute atomic E-state index is 0.0316. The summed E-state index contributed by atoms with van der Waals surface area (Å²) in [5.74, 6) is -2.51. The Labute approximate surface area is 185 Å². The number of alkyl halides is 3. The van der Waals surface area contributed by atoms with E-state index in [-0.39, 0.29) is 33.0 Å². The Bertz CT molecular complexity index is 1190. The van der Waals surface area contributed by atoms with Gasteiger partial charge in [-0.3, -0.25) is 4.79 Å². The molecule has 0 aliphatic heterocycles. The third-order valence-corrected chi connectivity index (χ3v) is 4.87. The SMILES string of the molecule is N#Cc1cc(Oc2c(Cl)ccc(CNC(=O)c3[nH]cnc3Br)c2F)cc(C(F)(F)F)c1. The van der Waals surface area contributed by atoms with Crippen LogP contribution in [0.5, 0.6) is 11.5 Å². The van der Waals surface area contributed by atoms with Gasteiger partial charge in [-0.05, 0) is 40.2 Å². The number of nitrogens with one attached hydrogen (secondary N) is 2. The molecule has 0 radical (unpaired) electrons. The Morgan fingerprint density at radius 3 is 2.68 bits per heavy atom. The first-order valence-corrected chi connectivity index (χ1v) is 9.51. The molecule has 0 aliphatic rings. The zero-order chi connectivity index (χ0) is 22.8. The molecular formula is C19H10BrClF4N4O2. The van der Waals surface area contributed by atoms with Crippen LogP contribution in [0.1, 0.15) is 27.2 Å². The van der Waals surface area contributed by atoms with E-state index in [1.54, 1.807) is 6.07 Å². The van der Waals surface area contributed by atoms with Crippen molar-refractivity contribution in [2.75, 3.05) is 0 Å². The van der Waals surface area contributed by atoms with Gasteiger partial charge >= 0.3 is 6.18 Å². The number of hydrogen-bond acceptors (Lipinski definition) is 4. The second-order valence-corrected chi connectivity index (χ2v) is 7.22. The predicted octanol–water partition coefficient (Wildman–Crippen LogP) is 5.58. The van der Waals surface area contributed by atoms with E-state index < -0.39 is 35.0 Å². The molecule has 1 heterocycles. The van der Waals surface area contributed by atoms with Crippen LogP contribution in [0.2, 0.25) is 5.02 Å². The van der Waals surface area contributed by atoms with Crippen molar-refractivity contribution < 1.29 is 27.1 Å². The number of aromatic nitrogens is 2. The minimum Gasteiger partial charge on any atom is -0.453 e. The van der Waals surface area contributed by atoms with Gasteiger partial charge in [-0.25, -0.2) is 9.37 Å². The van der Waals surface area contributed by atoms with Crippen LogP contribution in [-0.2, 0) is 12.7 Å². The van der Waals surface area contributed by atoms with Crippen molar-refractivity contribution >= 4 is 33.4 Å². The van der Waals surface area contributed by atoms with E-state index in [0.29, 0.717) is 12.1 Å². The number of amides is 1. The van der Waals surface area contributed by atoms with Crippen molar-refractivity contribution in [1.29, 1.82) is 5.26 Å². The van der Waals surface area contributed by atoms with Crippen molar-refractivity contribution in [2.45, 2.75) is 12.7 Å². The Balaban J connectivity index is 1.87. The fourth-order valence-corrected chi connectivity index (χ4v) is 3.09. The van der Waals surface area contributed by atoms with Crippen LogP contribution >= 0.6 is 27.5 Å². The van der Waals surface area contributed by atoms with Crippen LogP contribution in [0.3, 0.4) is 0 Å². The monoisotopic (exact) mass is 516 g/mol. The van der Waals surface area contributed by atoms with E-state index in [2.05, 4.69) is 31.2 Å². The fourth-order valence-electron chi connectivity index (χ4n) is 2.51. The molecule has 160 valence electrons. The Hall–Kier alpha value is -3.10. The van der Waals surface area contributed by atoms with E-state index >= 15 is 0 Å². The quantitative estimate of drug-likeness (QED) is 0.433. The highest BCUT2D eigenvalue weighted by Gasteiger charge is 2.32. The second-order valence-electron chi connectivity index (χ2n) is 6.06. The highest BCUT2D eigenvalue weighted by molar-refractivity contribution is 9.10. The summed E-state index contributed by atoms with van der Waals surface area (Å²) in [7, 11) is 0. The van der Waals surface area contributed by atoms with Gasteiger partial charge < -0.3 is 15.0 Å². The summed E-state index contributed by atoms with van der Waals surface area (Å²) in [5.41, 5.74) is -1.36. The topological polar surface area (TPSA) is 90.8 Å². The number of nitrogens with zero attached hydrogens (tertiary/aromatic N) is 2. The van der Waals surface area contributed by atoms with Gasteiger partial charge in [0.15, 0.2) is 11.6 Å². The van der Waals surface area contributed by atoms with E-state index in [0.717, 1.165) is 6.07 Å². The molecule has 0 unspecified atom stereocenters. The molecule has 0 fully saturated rings. The van der Waals surface area contributed by atoms with Gasteiger partial charge in [0.25, 0.3) is 5.91 Å². The molecule has 2 aromatic carbocycles. The molecule has 1 amide bonds. The molecular weight excluding hydrogens is 508 g/mol. The number of rotatable bonds is 5. The van der Waals surface area contributed by atoms with Crippen molar-refractivity contribution in [3.8, 4) is 17.6 Å². The van der Waals surface area contributed by atoms with Crippen LogP contribution in [0.4, 0.5) is 17.6 Å². The number of carbonyl (C=O) groups is 1. The van der Waals surface area contributed by atoms with Gasteiger partial charge in [0, 0.05) is 12.1 Å². The van der Waals surface area contributed by atoms with Crippen molar-refractivity contribution in [3.05, 3.63) is 74.5 Å². The van der Waals surface area contributed by atoms with Crippen LogP contribution in [0.15, 0.2) is 41.3 Å². The van der Waals surface area contributed by atoms with Crippen molar-refractivity contribution in [1.82, 2.24) is 15.3 Å². The number of ether oxygens (including phenoxy) is 1. The number of H-pyrrole nitrogens is 1. The summed E-state index contributed by atoms with van der Waals surface area (Å²) >= 11 is 9.04. The first-order chi connectivity index (χ1) is 14.6. The van der Waals surface area contributed by atoms with Crippen LogP contribution in [0, 0.1) is 17.1 Å². The summed E-state index contributed by atoms with van der Waals surface area (Å²) in [4.78, 5) is 18.5. The van der Waals surface area contributed by atoms with Gasteiger partial charge in [0.1, 0.15) is 16.0 Å². The first kappa shape index (κ1) is 22.6. The number of carbonyl (C=O) groups excluding carboxylic acids is 1. The maximum atomic E-state index is 14.9. The number of imidazole rings is 1. The molecule has 1 aromatic heterocycles. The molecule has 0 saturated heterocycles. The van der Waals surface area contributed by atoms with Crippen molar-refractivity contribution in [2.24, 2.45) is 0 Å². The lowest BCUT2D eigenvalue weighted by molar-refractivity contribution is -0.137. The molecule has 31 heavy (non-hydrogen) atoms. The highest BCUT2D eigenvalue weighted by Crippen LogP contribution is 2.37. The van der Waals surface area contributed by atoms with E-state index in [4.69, 9.17) is 21.6 Å². The van der Waals surface area contributed by atoms with E-state index in [1.165, 1.54) is 18.5 Å². The van der Waals surface area contributed by atoms with Gasteiger partial charge in [-0.15, -0.1) is 0 Å². The molecule has 0 saturated carbocycles. The summed E-state index contributed by atoms with van der Waals surface area (Å²) < 4.78 is 59.6. The third-order valence-electron chi connectivity index (χ3n) is 3.97. The van der Waals surface area contributed by atoms with Gasteiger partial charge in [-0.1, -0.05) is 17.7 Å². The first-order valence-electron chi connectivity index (χ1n) is 8.34. The summed E-state index contributed by atoms with van der Waals surface area (Å²) in [6, 6.07) is 6.44. The van der Waals surface area contributed by atoms with Gasteiger partial charge in [0.2, 0.25) is 0 Å². The third kappa shape index (κ3) is 5.15. The van der Waals surface area contributed by atoms with Crippen molar-refractivity contribution in [3.63, 3.8) is 0 Å². The number of benzene rings is 2. The Morgan fingerprint density at radius 2 is 2.06 bits per heavy atom. The molecule has 0 bridgehead atoms. The van der Waals surface area contributed by atoms with Gasteiger partial charge in [-0.2, -0.15) is 18.4 Å². The molecule has 3 aromatic rings. The fraction of sp³-hybridized carbons (Fsp3) is 0.105. The average Bonchev–Trinajstić information content (AvgIpc) is 3.15. The average molecular weight is 518 g/mol. The summed E-state index contributed by atoms with van der Waals surface area (Å²) in [6.07, 6.45) is -3.45.